The molecule has 0 saturated heterocycles. The number of nitrogens with one attached hydrogen (secondary N) is 1. The van der Waals surface area contributed by atoms with Crippen molar-refractivity contribution in [2.75, 3.05) is 0 Å². The van der Waals surface area contributed by atoms with Crippen LogP contribution >= 0.6 is 12.2 Å². The van der Waals surface area contributed by atoms with Gasteiger partial charge < -0.3 is 16.2 Å². The molecule has 0 aliphatic rings. The zero-order valence-corrected chi connectivity index (χ0v) is 5.06. The summed E-state index contributed by atoms with van der Waals surface area (Å²) in [5.41, 5.74) is 6.23. The molecule has 0 bridgehead atoms. The average Bonchev–Trinajstić information content (AvgIpc) is 1.66. The number of hydrogen-bond donors (Lipinski definition) is 3. The number of aliphatic hydroxyl groups excluding tert-OH is 1. The van der Waals surface area contributed by atoms with Gasteiger partial charge in [-0.05, 0) is 6.08 Å². The van der Waals surface area contributed by atoms with Crippen LogP contribution in [0.25, 0.3) is 0 Å². The SMILES string of the molecule is NC(O)/C=C\NC=S. The number of rotatable bonds is 3. The molecule has 8 heavy (non-hydrogen) atoms. The minimum Gasteiger partial charge on any atom is -0.375 e. The summed E-state index contributed by atoms with van der Waals surface area (Å²) in [6.45, 7) is 0. The molecule has 46 valence electrons. The van der Waals surface area contributed by atoms with Crippen molar-refractivity contribution < 1.29 is 5.11 Å². The highest BCUT2D eigenvalue weighted by Gasteiger charge is 1.80. The zero-order chi connectivity index (χ0) is 6.41. The van der Waals surface area contributed by atoms with Crippen LogP contribution in [0.15, 0.2) is 12.3 Å². The van der Waals surface area contributed by atoms with Crippen molar-refractivity contribution in [1.29, 1.82) is 0 Å². The fourth-order valence-electron chi connectivity index (χ4n) is 0.193. The highest BCUT2D eigenvalue weighted by atomic mass is 32.1. The lowest BCUT2D eigenvalue weighted by molar-refractivity contribution is 0.231. The summed E-state index contributed by atoms with van der Waals surface area (Å²) < 4.78 is 0. The van der Waals surface area contributed by atoms with Gasteiger partial charge in [-0.15, -0.1) is 0 Å². The van der Waals surface area contributed by atoms with E-state index in [0.717, 1.165) is 0 Å². The van der Waals surface area contributed by atoms with E-state index < -0.39 is 6.23 Å². The largest absolute Gasteiger partial charge is 0.375 e. The second-order valence-electron chi connectivity index (χ2n) is 1.13. The summed E-state index contributed by atoms with van der Waals surface area (Å²) in [6, 6.07) is 0. The maximum atomic E-state index is 8.38. The maximum absolute atomic E-state index is 8.38. The van der Waals surface area contributed by atoms with Gasteiger partial charge >= 0.3 is 0 Å². The van der Waals surface area contributed by atoms with E-state index in [1.807, 2.05) is 0 Å². The normalized spacial score (nSPS) is 13.8. The first-order valence-electron chi connectivity index (χ1n) is 2.07. The van der Waals surface area contributed by atoms with Crippen molar-refractivity contribution in [3.05, 3.63) is 12.3 Å². The van der Waals surface area contributed by atoms with Crippen molar-refractivity contribution in [3.63, 3.8) is 0 Å². The van der Waals surface area contributed by atoms with Crippen molar-refractivity contribution in [2.24, 2.45) is 5.73 Å². The summed E-state index contributed by atoms with van der Waals surface area (Å²) >= 11 is 4.39. The lowest BCUT2D eigenvalue weighted by Crippen LogP contribution is -2.15. The van der Waals surface area contributed by atoms with Crippen molar-refractivity contribution in [3.8, 4) is 0 Å². The lowest BCUT2D eigenvalue weighted by atomic mass is 10.5. The van der Waals surface area contributed by atoms with Gasteiger partial charge in [-0.2, -0.15) is 0 Å². The molecule has 0 amide bonds. The zero-order valence-electron chi connectivity index (χ0n) is 4.24. The molecule has 0 aliphatic heterocycles. The van der Waals surface area contributed by atoms with Gasteiger partial charge in [0, 0.05) is 6.20 Å². The van der Waals surface area contributed by atoms with Gasteiger partial charge in [0.15, 0.2) is 0 Å². The molecule has 4 N–H and O–H groups in total. The van der Waals surface area contributed by atoms with Crippen molar-refractivity contribution in [1.82, 2.24) is 5.32 Å². The molecule has 0 rings (SSSR count). The van der Waals surface area contributed by atoms with Crippen LogP contribution in [0.2, 0.25) is 0 Å². The van der Waals surface area contributed by atoms with Crippen LogP contribution in [0.1, 0.15) is 0 Å². The third kappa shape index (κ3) is 5.55. The Kier molecular flexibility index (Phi) is 4.44. The van der Waals surface area contributed by atoms with Crippen LogP contribution in [0.5, 0.6) is 0 Å². The molecule has 1 unspecified atom stereocenters. The van der Waals surface area contributed by atoms with E-state index in [9.17, 15) is 0 Å². The molecule has 0 aliphatic carbocycles. The quantitative estimate of drug-likeness (QED) is 0.352. The van der Waals surface area contributed by atoms with Gasteiger partial charge in [0.25, 0.3) is 0 Å². The molecule has 0 aromatic rings. The molecular weight excluding hydrogens is 124 g/mol. The summed E-state index contributed by atoms with van der Waals surface area (Å²) in [5, 5.41) is 10.9. The number of hydrogen-bond acceptors (Lipinski definition) is 3. The fourth-order valence-corrected chi connectivity index (χ4v) is 0.272. The predicted octanol–water partition coefficient (Wildman–Crippen LogP) is -0.676. The van der Waals surface area contributed by atoms with E-state index in [0.29, 0.717) is 0 Å². The average molecular weight is 132 g/mol. The third-order valence-corrected chi connectivity index (χ3v) is 0.594. The molecule has 0 fully saturated rings. The molecule has 0 heterocycles. The lowest BCUT2D eigenvalue weighted by Gasteiger charge is -1.91. The summed E-state index contributed by atoms with van der Waals surface area (Å²) in [6.07, 6.45) is 1.94. The Morgan fingerprint density at radius 3 is 2.75 bits per heavy atom. The first kappa shape index (κ1) is 7.55. The van der Waals surface area contributed by atoms with E-state index in [2.05, 4.69) is 17.5 Å². The first-order chi connectivity index (χ1) is 3.77. The molecule has 0 radical (unpaired) electrons. The molecular formula is C4H8N2OS. The van der Waals surface area contributed by atoms with Gasteiger partial charge in [-0.3, -0.25) is 0 Å². The maximum Gasteiger partial charge on any atom is 0.123 e. The van der Waals surface area contributed by atoms with E-state index in [1.165, 1.54) is 17.8 Å². The van der Waals surface area contributed by atoms with Crippen molar-refractivity contribution >= 4 is 17.7 Å². The summed E-state index contributed by atoms with van der Waals surface area (Å²) in [7, 11) is 0. The highest BCUT2D eigenvalue weighted by Crippen LogP contribution is 1.68. The van der Waals surface area contributed by atoms with E-state index >= 15 is 0 Å². The summed E-state index contributed by atoms with van der Waals surface area (Å²) in [4.78, 5) is 0. The molecule has 0 aromatic carbocycles. The second kappa shape index (κ2) is 4.70. The van der Waals surface area contributed by atoms with Gasteiger partial charge in [0.05, 0.1) is 5.49 Å². The molecule has 0 aromatic heterocycles. The van der Waals surface area contributed by atoms with Gasteiger partial charge in [-0.25, -0.2) is 0 Å². The molecule has 1 atom stereocenters. The Labute approximate surface area is 53.2 Å². The van der Waals surface area contributed by atoms with Gasteiger partial charge in [0.1, 0.15) is 6.23 Å². The second-order valence-corrected chi connectivity index (χ2v) is 1.37. The van der Waals surface area contributed by atoms with Gasteiger partial charge in [0.2, 0.25) is 0 Å². The monoisotopic (exact) mass is 132 g/mol. The smallest absolute Gasteiger partial charge is 0.123 e. The van der Waals surface area contributed by atoms with E-state index in [4.69, 9.17) is 10.8 Å². The minimum atomic E-state index is -0.905. The first-order valence-corrected chi connectivity index (χ1v) is 2.54. The Morgan fingerprint density at radius 1 is 1.75 bits per heavy atom. The van der Waals surface area contributed by atoms with Crippen LogP contribution in [0.4, 0.5) is 0 Å². The van der Waals surface area contributed by atoms with Crippen LogP contribution < -0.4 is 11.1 Å². The van der Waals surface area contributed by atoms with Crippen LogP contribution in [-0.2, 0) is 0 Å². The third-order valence-electron chi connectivity index (χ3n) is 0.458. The van der Waals surface area contributed by atoms with Crippen LogP contribution in [0, 0.1) is 0 Å². The fraction of sp³-hybridized carbons (Fsp3) is 0.250. The Balaban J connectivity index is 3.19. The van der Waals surface area contributed by atoms with Crippen molar-refractivity contribution in [2.45, 2.75) is 6.23 Å². The molecule has 0 saturated carbocycles. The van der Waals surface area contributed by atoms with Gasteiger partial charge in [-0.1, -0.05) is 12.2 Å². The minimum absolute atomic E-state index is 0.905. The topological polar surface area (TPSA) is 58.3 Å². The Bertz CT molecular complexity index is 92.0. The number of nitrogens with two attached hydrogens (primary N) is 1. The van der Waals surface area contributed by atoms with Crippen LogP contribution in [0.3, 0.4) is 0 Å². The Hall–Kier alpha value is -0.450. The molecule has 3 nitrogen and oxygen atoms in total. The van der Waals surface area contributed by atoms with E-state index in [1.54, 1.807) is 0 Å². The summed E-state index contributed by atoms with van der Waals surface area (Å²) in [5.74, 6) is 0. The standard InChI is InChI=1S/C4H8N2OS/c5-4(7)1-2-6-3-8/h1-4,7H,5H2,(H,6,8)/b2-1-. The number of thiocarbonyl (C=S) groups is 1. The highest BCUT2D eigenvalue weighted by molar-refractivity contribution is 7.78. The molecule has 0 spiro atoms. The number of aliphatic hydroxyl groups is 1. The Morgan fingerprint density at radius 2 is 2.38 bits per heavy atom. The molecule has 4 heteroatoms. The van der Waals surface area contributed by atoms with Crippen LogP contribution in [-0.4, -0.2) is 16.8 Å². The predicted molar refractivity (Wildman–Crippen MR) is 36.1 cm³/mol. The van der Waals surface area contributed by atoms with E-state index in [-0.39, 0.29) is 0 Å².